The van der Waals surface area contributed by atoms with Gasteiger partial charge in [-0.05, 0) is 6.92 Å². The molecular weight excluding hydrogens is 156 g/mol. The average Bonchev–Trinajstić information content (AvgIpc) is 2.03. The molecule has 0 spiro atoms. The van der Waals surface area contributed by atoms with Gasteiger partial charge in [0, 0.05) is 12.1 Å². The molecule has 0 saturated heterocycles. The predicted molar refractivity (Wildman–Crippen MR) is 46.4 cm³/mol. The maximum atomic E-state index is 10.9. The largest absolute Gasteiger partial charge is 0.374 e. The lowest BCUT2D eigenvalue weighted by atomic mass is 10.3. The number of hydrogen-bond acceptors (Lipinski definition) is 2. The van der Waals surface area contributed by atoms with Gasteiger partial charge in [0.1, 0.15) is 0 Å². The van der Waals surface area contributed by atoms with E-state index in [4.69, 9.17) is 4.74 Å². The molecule has 0 aromatic heterocycles. The van der Waals surface area contributed by atoms with Crippen LogP contribution in [0.1, 0.15) is 6.92 Å². The van der Waals surface area contributed by atoms with Crippen molar-refractivity contribution in [1.82, 2.24) is 5.32 Å². The maximum Gasteiger partial charge on any atom is 0.246 e. The van der Waals surface area contributed by atoms with Crippen molar-refractivity contribution in [2.75, 3.05) is 26.3 Å². The monoisotopic (exact) mass is 173 g/mol. The zero-order valence-electron chi connectivity index (χ0n) is 7.56. The van der Waals surface area contributed by atoms with E-state index in [-0.39, 0.29) is 5.91 Å². The summed E-state index contributed by atoms with van der Waals surface area (Å²) in [4.78, 5) is 10.9. The van der Waals surface area contributed by atoms with Gasteiger partial charge in [-0.25, -0.2) is 0 Å². The molecule has 4 nitrogen and oxygen atoms in total. The molecular formula is C8H17N2O2+. The van der Waals surface area contributed by atoms with Crippen molar-refractivity contribution in [3.8, 4) is 0 Å². The first-order valence-corrected chi connectivity index (χ1v) is 3.99. The molecule has 4 N–H and O–H groups in total. The first-order valence-electron chi connectivity index (χ1n) is 3.99. The van der Waals surface area contributed by atoms with Crippen molar-refractivity contribution in [3.05, 3.63) is 12.2 Å². The summed E-state index contributed by atoms with van der Waals surface area (Å²) in [5.74, 6) is -0.117. The average molecular weight is 173 g/mol. The third-order valence-corrected chi connectivity index (χ3v) is 1.21. The highest BCUT2D eigenvalue weighted by molar-refractivity contribution is 5.91. The van der Waals surface area contributed by atoms with E-state index >= 15 is 0 Å². The SMILES string of the molecule is C=C(C)C(=O)NCCOCC[NH3+]. The lowest BCUT2D eigenvalue weighted by molar-refractivity contribution is -0.374. The molecule has 0 fully saturated rings. The third-order valence-electron chi connectivity index (χ3n) is 1.21. The van der Waals surface area contributed by atoms with E-state index in [0.717, 1.165) is 6.54 Å². The van der Waals surface area contributed by atoms with Gasteiger partial charge < -0.3 is 15.8 Å². The van der Waals surface area contributed by atoms with Crippen molar-refractivity contribution >= 4 is 5.91 Å². The van der Waals surface area contributed by atoms with Crippen LogP contribution in [0.5, 0.6) is 0 Å². The van der Waals surface area contributed by atoms with E-state index < -0.39 is 0 Å². The number of rotatable bonds is 6. The standard InChI is InChI=1S/C8H16N2O2/c1-7(2)8(11)10-4-6-12-5-3-9/h1,3-6,9H2,2H3,(H,10,11)/p+1. The molecule has 1 amide bonds. The maximum absolute atomic E-state index is 10.9. The van der Waals surface area contributed by atoms with E-state index in [1.165, 1.54) is 0 Å². The smallest absolute Gasteiger partial charge is 0.246 e. The molecule has 0 atom stereocenters. The zero-order valence-corrected chi connectivity index (χ0v) is 7.56. The molecule has 0 aromatic rings. The van der Waals surface area contributed by atoms with Crippen molar-refractivity contribution in [1.29, 1.82) is 0 Å². The number of nitrogens with one attached hydrogen (secondary N) is 1. The Morgan fingerprint density at radius 2 is 2.25 bits per heavy atom. The number of carbonyl (C=O) groups is 1. The van der Waals surface area contributed by atoms with E-state index in [1.54, 1.807) is 6.92 Å². The molecule has 12 heavy (non-hydrogen) atoms. The molecule has 0 aliphatic heterocycles. The normalized spacial score (nSPS) is 9.50. The Labute approximate surface area is 72.8 Å². The number of carbonyl (C=O) groups excluding carboxylic acids is 1. The van der Waals surface area contributed by atoms with E-state index in [0.29, 0.717) is 25.3 Å². The molecule has 0 aromatic carbocycles. The van der Waals surface area contributed by atoms with Crippen molar-refractivity contribution in [2.45, 2.75) is 6.92 Å². The van der Waals surface area contributed by atoms with Crippen molar-refractivity contribution < 1.29 is 15.3 Å². The second-order valence-corrected chi connectivity index (χ2v) is 2.50. The Balaban J connectivity index is 3.20. The zero-order chi connectivity index (χ0) is 9.40. The summed E-state index contributed by atoms with van der Waals surface area (Å²) in [5, 5.41) is 2.66. The lowest BCUT2D eigenvalue weighted by Gasteiger charge is -2.03. The Kier molecular flexibility index (Phi) is 6.32. The summed E-state index contributed by atoms with van der Waals surface area (Å²) in [7, 11) is 0. The van der Waals surface area contributed by atoms with Crippen LogP contribution in [0.25, 0.3) is 0 Å². The van der Waals surface area contributed by atoms with Gasteiger partial charge in [0.05, 0.1) is 19.8 Å². The fourth-order valence-electron chi connectivity index (χ4n) is 0.592. The molecule has 0 heterocycles. The highest BCUT2D eigenvalue weighted by Gasteiger charge is 1.98. The molecule has 0 bridgehead atoms. The van der Waals surface area contributed by atoms with Crippen LogP contribution in [0.4, 0.5) is 0 Å². The molecule has 0 aliphatic carbocycles. The topological polar surface area (TPSA) is 66.0 Å². The number of ether oxygens (including phenoxy) is 1. The van der Waals surface area contributed by atoms with Gasteiger partial charge in [-0.2, -0.15) is 0 Å². The summed E-state index contributed by atoms with van der Waals surface area (Å²) in [6, 6.07) is 0. The Bertz CT molecular complexity index is 157. The van der Waals surface area contributed by atoms with Crippen LogP contribution in [-0.2, 0) is 9.53 Å². The second kappa shape index (κ2) is 6.82. The Morgan fingerprint density at radius 3 is 2.75 bits per heavy atom. The Hall–Kier alpha value is -0.870. The quantitative estimate of drug-likeness (QED) is 0.397. The lowest BCUT2D eigenvalue weighted by Crippen LogP contribution is -2.52. The fraction of sp³-hybridized carbons (Fsp3) is 0.625. The second-order valence-electron chi connectivity index (χ2n) is 2.50. The first-order chi connectivity index (χ1) is 5.68. The number of hydrogen-bond donors (Lipinski definition) is 2. The molecule has 0 unspecified atom stereocenters. The van der Waals surface area contributed by atoms with Crippen LogP contribution in [0.15, 0.2) is 12.2 Å². The minimum absolute atomic E-state index is 0.117. The van der Waals surface area contributed by atoms with Crippen LogP contribution < -0.4 is 11.1 Å². The highest BCUT2D eigenvalue weighted by Crippen LogP contribution is 1.84. The van der Waals surface area contributed by atoms with E-state index in [9.17, 15) is 4.79 Å². The van der Waals surface area contributed by atoms with Gasteiger partial charge >= 0.3 is 0 Å². The molecule has 4 heteroatoms. The number of amides is 1. The van der Waals surface area contributed by atoms with Gasteiger partial charge in [0.2, 0.25) is 5.91 Å². The van der Waals surface area contributed by atoms with Gasteiger partial charge in [-0.1, -0.05) is 6.58 Å². The van der Waals surface area contributed by atoms with Crippen LogP contribution in [-0.4, -0.2) is 32.2 Å². The van der Waals surface area contributed by atoms with Gasteiger partial charge in [-0.15, -0.1) is 0 Å². The fourth-order valence-corrected chi connectivity index (χ4v) is 0.592. The highest BCUT2D eigenvalue weighted by atomic mass is 16.5. The van der Waals surface area contributed by atoms with Gasteiger partial charge in [-0.3, -0.25) is 4.79 Å². The molecule has 0 rings (SSSR count). The van der Waals surface area contributed by atoms with Gasteiger partial charge in [0.15, 0.2) is 0 Å². The summed E-state index contributed by atoms with van der Waals surface area (Å²) in [6.07, 6.45) is 0. The van der Waals surface area contributed by atoms with Crippen molar-refractivity contribution in [2.24, 2.45) is 0 Å². The summed E-state index contributed by atoms with van der Waals surface area (Å²) < 4.78 is 5.11. The summed E-state index contributed by atoms with van der Waals surface area (Å²) in [6.45, 7) is 7.65. The predicted octanol–water partition coefficient (Wildman–Crippen LogP) is -1.06. The summed E-state index contributed by atoms with van der Waals surface area (Å²) in [5.41, 5.74) is 4.14. The van der Waals surface area contributed by atoms with Crippen LogP contribution in [0.3, 0.4) is 0 Å². The van der Waals surface area contributed by atoms with E-state index in [2.05, 4.69) is 17.6 Å². The molecule has 0 saturated carbocycles. The van der Waals surface area contributed by atoms with E-state index in [1.807, 2.05) is 0 Å². The van der Waals surface area contributed by atoms with Crippen molar-refractivity contribution in [3.63, 3.8) is 0 Å². The third kappa shape index (κ3) is 5.88. The minimum atomic E-state index is -0.117. The molecule has 0 aliphatic rings. The molecule has 70 valence electrons. The summed E-state index contributed by atoms with van der Waals surface area (Å²) >= 11 is 0. The van der Waals surface area contributed by atoms with Crippen LogP contribution in [0.2, 0.25) is 0 Å². The van der Waals surface area contributed by atoms with Gasteiger partial charge in [0.25, 0.3) is 0 Å². The molecule has 0 radical (unpaired) electrons. The van der Waals surface area contributed by atoms with Crippen LogP contribution >= 0.6 is 0 Å². The van der Waals surface area contributed by atoms with Crippen LogP contribution in [0, 0.1) is 0 Å². The minimum Gasteiger partial charge on any atom is -0.374 e. The Morgan fingerprint density at radius 1 is 1.58 bits per heavy atom. The number of quaternary nitrogens is 1. The first kappa shape index (κ1) is 11.1.